The highest BCUT2D eigenvalue weighted by Gasteiger charge is 1.99. The molecule has 0 aliphatic carbocycles. The molecule has 7 heavy (non-hydrogen) atoms. The van der Waals surface area contributed by atoms with Crippen LogP contribution in [0.4, 0.5) is 0 Å². The van der Waals surface area contributed by atoms with E-state index in [1.54, 1.807) is 0 Å². The summed E-state index contributed by atoms with van der Waals surface area (Å²) in [7, 11) is 0. The van der Waals surface area contributed by atoms with Gasteiger partial charge in [-0.25, -0.2) is 0 Å². The van der Waals surface area contributed by atoms with Crippen LogP contribution >= 0.6 is 31.9 Å². The Bertz CT molecular complexity index is 51.7. The molecule has 0 aliphatic rings. The first-order chi connectivity index (χ1) is 3.35. The van der Waals surface area contributed by atoms with Gasteiger partial charge in [-0.1, -0.05) is 31.9 Å². The summed E-state index contributed by atoms with van der Waals surface area (Å²) < 4.78 is 0. The van der Waals surface area contributed by atoms with Gasteiger partial charge in [-0.15, -0.1) is 0 Å². The van der Waals surface area contributed by atoms with Crippen LogP contribution in [0, 0.1) is 5.92 Å². The van der Waals surface area contributed by atoms with Crippen molar-refractivity contribution in [3.63, 3.8) is 0 Å². The van der Waals surface area contributed by atoms with Gasteiger partial charge >= 0.3 is 0 Å². The Morgan fingerprint density at radius 2 is 1.86 bits per heavy atom. The number of halogens is 2. The van der Waals surface area contributed by atoms with Gasteiger partial charge in [-0.3, -0.25) is 0 Å². The van der Waals surface area contributed by atoms with Crippen molar-refractivity contribution in [1.29, 1.82) is 0 Å². The number of aldehydes is 1. The van der Waals surface area contributed by atoms with E-state index in [9.17, 15) is 4.79 Å². The lowest BCUT2D eigenvalue weighted by molar-refractivity contribution is -0.109. The molecule has 0 heterocycles. The Balaban J connectivity index is 3.16. The maximum Gasteiger partial charge on any atom is 0.124 e. The van der Waals surface area contributed by atoms with Crippen molar-refractivity contribution in [3.05, 3.63) is 0 Å². The first kappa shape index (κ1) is 7.63. The highest BCUT2D eigenvalue weighted by Crippen LogP contribution is 2.00. The predicted octanol–water partition coefficient (Wildman–Crippen LogP) is 1.59. The molecule has 42 valence electrons. The van der Waals surface area contributed by atoms with Crippen molar-refractivity contribution in [1.82, 2.24) is 0 Å². The summed E-state index contributed by atoms with van der Waals surface area (Å²) in [4.78, 5) is 9.91. The van der Waals surface area contributed by atoms with E-state index >= 15 is 0 Å². The van der Waals surface area contributed by atoms with Gasteiger partial charge in [0.2, 0.25) is 0 Å². The Hall–Kier alpha value is 0.630. The van der Waals surface area contributed by atoms with Crippen molar-refractivity contribution in [3.8, 4) is 0 Å². The molecule has 0 rings (SSSR count). The predicted molar refractivity (Wildman–Crippen MR) is 37.1 cm³/mol. The Morgan fingerprint density at radius 3 is 1.86 bits per heavy atom. The minimum Gasteiger partial charge on any atom is -0.303 e. The largest absolute Gasteiger partial charge is 0.303 e. The highest BCUT2D eigenvalue weighted by atomic mass is 79.9. The Morgan fingerprint density at radius 1 is 1.43 bits per heavy atom. The van der Waals surface area contributed by atoms with Gasteiger partial charge in [-0.2, -0.15) is 0 Å². The summed E-state index contributed by atoms with van der Waals surface area (Å²) in [5.41, 5.74) is 0. The van der Waals surface area contributed by atoms with Gasteiger partial charge < -0.3 is 4.79 Å². The lowest BCUT2D eigenvalue weighted by Gasteiger charge is -1.94. The van der Waals surface area contributed by atoms with Crippen LogP contribution in [0.15, 0.2) is 0 Å². The quantitative estimate of drug-likeness (QED) is 0.531. The van der Waals surface area contributed by atoms with Gasteiger partial charge in [0, 0.05) is 16.6 Å². The van der Waals surface area contributed by atoms with Crippen molar-refractivity contribution >= 4 is 38.1 Å². The van der Waals surface area contributed by atoms with Crippen LogP contribution in [-0.2, 0) is 4.79 Å². The molecule has 0 aliphatic heterocycles. The van der Waals surface area contributed by atoms with Crippen LogP contribution in [0.25, 0.3) is 0 Å². The zero-order valence-electron chi connectivity index (χ0n) is 3.73. The van der Waals surface area contributed by atoms with Crippen molar-refractivity contribution < 1.29 is 4.79 Å². The summed E-state index contributed by atoms with van der Waals surface area (Å²) >= 11 is 6.35. The number of carbonyl (C=O) groups is 1. The van der Waals surface area contributed by atoms with Crippen LogP contribution in [-0.4, -0.2) is 16.9 Å². The van der Waals surface area contributed by atoms with Gasteiger partial charge in [0.25, 0.3) is 0 Å². The monoisotopic (exact) mass is 228 g/mol. The Kier molecular flexibility index (Phi) is 5.21. The van der Waals surface area contributed by atoms with E-state index in [1.165, 1.54) is 0 Å². The molecule has 0 saturated carbocycles. The molecule has 1 nitrogen and oxygen atoms in total. The first-order valence-electron chi connectivity index (χ1n) is 1.92. The second-order valence-corrected chi connectivity index (χ2v) is 2.50. The normalized spacial score (nSPS) is 9.57. The molecular formula is C4H6Br2O. The molecule has 0 saturated heterocycles. The van der Waals surface area contributed by atoms with E-state index in [0.29, 0.717) is 0 Å². The van der Waals surface area contributed by atoms with Gasteiger partial charge in [0.1, 0.15) is 6.29 Å². The first-order valence-corrected chi connectivity index (χ1v) is 4.16. The summed E-state index contributed by atoms with van der Waals surface area (Å²) in [6, 6.07) is 0. The maximum atomic E-state index is 9.91. The molecule has 0 N–H and O–H groups in total. The molecule has 3 heteroatoms. The third-order valence-corrected chi connectivity index (χ3v) is 2.25. The second kappa shape index (κ2) is 4.78. The van der Waals surface area contributed by atoms with E-state index in [2.05, 4.69) is 31.9 Å². The van der Waals surface area contributed by atoms with E-state index in [1.807, 2.05) is 0 Å². The molecule has 0 bridgehead atoms. The highest BCUT2D eigenvalue weighted by molar-refractivity contribution is 9.09. The lowest BCUT2D eigenvalue weighted by Crippen LogP contribution is -2.03. The molecule has 0 radical (unpaired) electrons. The topological polar surface area (TPSA) is 17.1 Å². The fourth-order valence-electron chi connectivity index (χ4n) is 0.114. The number of hydrogen-bond acceptors (Lipinski definition) is 1. The number of hydrogen-bond donors (Lipinski definition) is 0. The van der Waals surface area contributed by atoms with Crippen LogP contribution < -0.4 is 0 Å². The second-order valence-electron chi connectivity index (χ2n) is 1.20. The molecule has 0 amide bonds. The van der Waals surface area contributed by atoms with Gasteiger partial charge in [0.15, 0.2) is 0 Å². The van der Waals surface area contributed by atoms with Crippen LogP contribution in [0.2, 0.25) is 0 Å². The molecule has 0 atom stereocenters. The van der Waals surface area contributed by atoms with E-state index in [4.69, 9.17) is 0 Å². The van der Waals surface area contributed by atoms with Crippen molar-refractivity contribution in [2.75, 3.05) is 10.7 Å². The molecule has 0 aromatic heterocycles. The van der Waals surface area contributed by atoms with E-state index in [0.717, 1.165) is 16.9 Å². The fourth-order valence-corrected chi connectivity index (χ4v) is 1.49. The summed E-state index contributed by atoms with van der Waals surface area (Å²) in [5, 5.41) is 1.50. The van der Waals surface area contributed by atoms with Crippen LogP contribution in [0.3, 0.4) is 0 Å². The summed E-state index contributed by atoms with van der Waals surface area (Å²) in [6.07, 6.45) is 0.934. The average molecular weight is 230 g/mol. The molecule has 0 fully saturated rings. The number of alkyl halides is 2. The number of carbonyl (C=O) groups excluding carboxylic acids is 1. The standard InChI is InChI=1S/C4H6Br2O/c5-1-4(2-6)3-7/h3-4H,1-2H2. The maximum absolute atomic E-state index is 9.91. The zero-order valence-corrected chi connectivity index (χ0v) is 6.91. The SMILES string of the molecule is O=CC(CBr)CBr. The zero-order chi connectivity index (χ0) is 5.70. The average Bonchev–Trinajstić information content (AvgIpc) is 1.72. The minimum absolute atomic E-state index is 0.139. The number of rotatable bonds is 3. The van der Waals surface area contributed by atoms with Crippen LogP contribution in [0.1, 0.15) is 0 Å². The minimum atomic E-state index is 0.139. The molecule has 0 aromatic rings. The Labute approximate surface area is 59.7 Å². The molecule has 0 spiro atoms. The summed E-state index contributed by atoms with van der Waals surface area (Å²) in [6.45, 7) is 0. The van der Waals surface area contributed by atoms with Crippen molar-refractivity contribution in [2.24, 2.45) is 5.92 Å². The summed E-state index contributed by atoms with van der Waals surface area (Å²) in [5.74, 6) is 0.139. The van der Waals surface area contributed by atoms with Gasteiger partial charge in [-0.05, 0) is 0 Å². The molecular weight excluding hydrogens is 224 g/mol. The smallest absolute Gasteiger partial charge is 0.124 e. The van der Waals surface area contributed by atoms with Crippen molar-refractivity contribution in [2.45, 2.75) is 0 Å². The van der Waals surface area contributed by atoms with Gasteiger partial charge in [0.05, 0.1) is 0 Å². The van der Waals surface area contributed by atoms with Crippen LogP contribution in [0.5, 0.6) is 0 Å². The molecule has 0 unspecified atom stereocenters. The lowest BCUT2D eigenvalue weighted by atomic mass is 10.3. The fraction of sp³-hybridized carbons (Fsp3) is 0.750. The van der Waals surface area contributed by atoms with E-state index < -0.39 is 0 Å². The third-order valence-electron chi connectivity index (χ3n) is 0.589. The van der Waals surface area contributed by atoms with E-state index in [-0.39, 0.29) is 5.92 Å². The molecule has 0 aromatic carbocycles. The third kappa shape index (κ3) is 3.23.